The molecule has 1 unspecified atom stereocenters. The van der Waals surface area contributed by atoms with Gasteiger partial charge in [0.2, 0.25) is 0 Å². The first-order chi connectivity index (χ1) is 8.20. The van der Waals surface area contributed by atoms with E-state index in [9.17, 15) is 4.79 Å². The molecular formula is C12H21N3O2. The molecule has 1 aliphatic rings. The monoisotopic (exact) mass is 239 g/mol. The predicted molar refractivity (Wildman–Crippen MR) is 66.1 cm³/mol. The van der Waals surface area contributed by atoms with Gasteiger partial charge in [-0.15, -0.1) is 0 Å². The molecule has 2 heterocycles. The molecule has 1 aromatic heterocycles. The summed E-state index contributed by atoms with van der Waals surface area (Å²) < 4.78 is 7.06. The number of hydrogen-bond donors (Lipinski definition) is 2. The van der Waals surface area contributed by atoms with E-state index in [4.69, 9.17) is 10.5 Å². The molecule has 0 bridgehead atoms. The molecule has 1 aliphatic heterocycles. The van der Waals surface area contributed by atoms with E-state index in [2.05, 4.69) is 12.0 Å². The Hall–Kier alpha value is -1.07. The van der Waals surface area contributed by atoms with E-state index in [1.165, 1.54) is 0 Å². The van der Waals surface area contributed by atoms with Crippen molar-refractivity contribution in [2.24, 2.45) is 11.7 Å². The Labute approximate surface area is 101 Å². The molecule has 0 saturated carbocycles. The molecule has 3 N–H and O–H groups in total. The average Bonchev–Trinajstić information content (AvgIpc) is 2.71. The Kier molecular flexibility index (Phi) is 4.02. The summed E-state index contributed by atoms with van der Waals surface area (Å²) in [6, 6.07) is 1.96. The van der Waals surface area contributed by atoms with Crippen LogP contribution in [0.3, 0.4) is 0 Å². The van der Waals surface area contributed by atoms with Gasteiger partial charge in [-0.25, -0.2) is 4.68 Å². The molecule has 1 atom stereocenters. The fraction of sp³-hybridized carbons (Fsp3) is 0.750. The summed E-state index contributed by atoms with van der Waals surface area (Å²) in [6.07, 6.45) is 2.65. The fourth-order valence-corrected chi connectivity index (χ4v) is 2.24. The molecule has 2 rings (SSSR count). The van der Waals surface area contributed by atoms with Gasteiger partial charge in [0.1, 0.15) is 0 Å². The van der Waals surface area contributed by atoms with Crippen molar-refractivity contribution in [3.05, 3.63) is 22.1 Å². The lowest BCUT2D eigenvalue weighted by Crippen LogP contribution is -2.27. The van der Waals surface area contributed by atoms with Crippen molar-refractivity contribution >= 4 is 0 Å². The summed E-state index contributed by atoms with van der Waals surface area (Å²) in [5.74, 6) is 0.399. The fourth-order valence-electron chi connectivity index (χ4n) is 2.24. The van der Waals surface area contributed by atoms with E-state index < -0.39 is 0 Å². The smallest absolute Gasteiger partial charge is 0.266 e. The van der Waals surface area contributed by atoms with Crippen LogP contribution < -0.4 is 11.3 Å². The van der Waals surface area contributed by atoms with Crippen molar-refractivity contribution in [1.82, 2.24) is 9.78 Å². The van der Waals surface area contributed by atoms with Gasteiger partial charge in [0, 0.05) is 25.0 Å². The molecule has 5 nitrogen and oxygen atoms in total. The number of nitrogens with one attached hydrogen (secondary N) is 1. The first-order valence-corrected chi connectivity index (χ1v) is 6.29. The minimum atomic E-state index is 0.0659. The molecule has 1 saturated heterocycles. The van der Waals surface area contributed by atoms with Crippen LogP contribution in [-0.4, -0.2) is 29.5 Å². The number of aromatic amines is 1. The van der Waals surface area contributed by atoms with Gasteiger partial charge in [0.15, 0.2) is 0 Å². The molecule has 96 valence electrons. The normalized spacial score (nSPS) is 19.4. The molecule has 0 aliphatic carbocycles. The topological polar surface area (TPSA) is 73.0 Å². The van der Waals surface area contributed by atoms with Crippen LogP contribution in [-0.2, 0) is 11.2 Å². The van der Waals surface area contributed by atoms with Crippen molar-refractivity contribution in [2.75, 3.05) is 19.8 Å². The zero-order valence-corrected chi connectivity index (χ0v) is 10.3. The Balaban J connectivity index is 2.10. The number of ether oxygens (including phenoxy) is 1. The highest BCUT2D eigenvalue weighted by Gasteiger charge is 2.18. The maximum atomic E-state index is 11.9. The molecule has 5 heteroatoms. The summed E-state index contributed by atoms with van der Waals surface area (Å²) in [7, 11) is 0. The first kappa shape index (κ1) is 12.4. The van der Waals surface area contributed by atoms with E-state index in [1.54, 1.807) is 10.7 Å². The third-order valence-corrected chi connectivity index (χ3v) is 3.33. The van der Waals surface area contributed by atoms with Gasteiger partial charge in [-0.1, -0.05) is 6.92 Å². The van der Waals surface area contributed by atoms with Crippen molar-refractivity contribution in [3.8, 4) is 0 Å². The Morgan fingerprint density at radius 1 is 1.59 bits per heavy atom. The third-order valence-electron chi connectivity index (χ3n) is 3.33. The molecule has 0 spiro atoms. The molecule has 1 aromatic rings. The van der Waals surface area contributed by atoms with Crippen LogP contribution in [0.5, 0.6) is 0 Å². The number of H-pyrrole nitrogens is 1. The van der Waals surface area contributed by atoms with Gasteiger partial charge in [-0.3, -0.25) is 9.89 Å². The minimum Gasteiger partial charge on any atom is -0.381 e. The van der Waals surface area contributed by atoms with Crippen LogP contribution in [0.2, 0.25) is 0 Å². The van der Waals surface area contributed by atoms with E-state index in [0.29, 0.717) is 12.5 Å². The number of aromatic nitrogens is 2. The lowest BCUT2D eigenvalue weighted by atomic mass is 10.1. The highest BCUT2D eigenvalue weighted by molar-refractivity contribution is 5.01. The molecule has 0 aromatic carbocycles. The van der Waals surface area contributed by atoms with Crippen molar-refractivity contribution in [3.63, 3.8) is 0 Å². The van der Waals surface area contributed by atoms with E-state index in [-0.39, 0.29) is 11.6 Å². The SMILES string of the molecule is CC(CN)Cc1cc(=O)n(C2CCOCC2)[nH]1. The van der Waals surface area contributed by atoms with Crippen molar-refractivity contribution in [1.29, 1.82) is 0 Å². The van der Waals surface area contributed by atoms with Crippen LogP contribution in [0.4, 0.5) is 0 Å². The Morgan fingerprint density at radius 2 is 2.29 bits per heavy atom. The Bertz CT molecular complexity index is 404. The van der Waals surface area contributed by atoms with Crippen LogP contribution in [0.1, 0.15) is 31.5 Å². The predicted octanol–water partition coefficient (Wildman–Crippen LogP) is 0.665. The zero-order valence-electron chi connectivity index (χ0n) is 10.3. The quantitative estimate of drug-likeness (QED) is 0.811. The van der Waals surface area contributed by atoms with Crippen LogP contribution in [0.15, 0.2) is 10.9 Å². The summed E-state index contributed by atoms with van der Waals surface area (Å²) in [4.78, 5) is 11.9. The maximum absolute atomic E-state index is 11.9. The van der Waals surface area contributed by atoms with E-state index >= 15 is 0 Å². The summed E-state index contributed by atoms with van der Waals surface area (Å²) >= 11 is 0. The average molecular weight is 239 g/mol. The number of nitrogens with zero attached hydrogens (tertiary/aromatic N) is 1. The van der Waals surface area contributed by atoms with Gasteiger partial charge in [0.05, 0.1) is 6.04 Å². The van der Waals surface area contributed by atoms with E-state index in [1.807, 2.05) is 0 Å². The second-order valence-electron chi connectivity index (χ2n) is 4.88. The van der Waals surface area contributed by atoms with Crippen LogP contribution in [0.25, 0.3) is 0 Å². The van der Waals surface area contributed by atoms with Gasteiger partial charge in [-0.2, -0.15) is 0 Å². The second kappa shape index (κ2) is 5.51. The largest absolute Gasteiger partial charge is 0.381 e. The van der Waals surface area contributed by atoms with Gasteiger partial charge in [-0.05, 0) is 31.7 Å². The molecule has 17 heavy (non-hydrogen) atoms. The van der Waals surface area contributed by atoms with Crippen molar-refractivity contribution < 1.29 is 4.74 Å². The highest BCUT2D eigenvalue weighted by Crippen LogP contribution is 2.18. The molecule has 1 fully saturated rings. The number of rotatable bonds is 4. The lowest BCUT2D eigenvalue weighted by Gasteiger charge is -2.22. The summed E-state index contributed by atoms with van der Waals surface area (Å²) in [6.45, 7) is 4.21. The minimum absolute atomic E-state index is 0.0659. The zero-order chi connectivity index (χ0) is 12.3. The highest BCUT2D eigenvalue weighted by atomic mass is 16.5. The summed E-state index contributed by atoms with van der Waals surface area (Å²) in [5, 5.41) is 3.21. The van der Waals surface area contributed by atoms with Gasteiger partial charge >= 0.3 is 0 Å². The van der Waals surface area contributed by atoms with E-state index in [0.717, 1.165) is 38.2 Å². The molecular weight excluding hydrogens is 218 g/mol. The second-order valence-corrected chi connectivity index (χ2v) is 4.88. The maximum Gasteiger partial charge on any atom is 0.266 e. The standard InChI is InChI=1S/C12H21N3O2/c1-9(8-13)6-10-7-12(16)15(14-10)11-2-4-17-5-3-11/h7,9,11,14H,2-6,8,13H2,1H3. The summed E-state index contributed by atoms with van der Waals surface area (Å²) in [5.41, 5.74) is 6.64. The molecule has 0 radical (unpaired) electrons. The van der Waals surface area contributed by atoms with Gasteiger partial charge < -0.3 is 10.5 Å². The number of hydrogen-bond acceptors (Lipinski definition) is 3. The van der Waals surface area contributed by atoms with Crippen molar-refractivity contribution in [2.45, 2.75) is 32.2 Å². The van der Waals surface area contributed by atoms with Gasteiger partial charge in [0.25, 0.3) is 5.56 Å². The first-order valence-electron chi connectivity index (χ1n) is 6.29. The molecule has 0 amide bonds. The third kappa shape index (κ3) is 2.98. The number of nitrogens with two attached hydrogens (primary N) is 1. The van der Waals surface area contributed by atoms with Crippen LogP contribution in [0, 0.1) is 5.92 Å². The Morgan fingerprint density at radius 3 is 2.94 bits per heavy atom. The van der Waals surface area contributed by atoms with Crippen LogP contribution >= 0.6 is 0 Å². The lowest BCUT2D eigenvalue weighted by molar-refractivity contribution is 0.0652.